The summed E-state index contributed by atoms with van der Waals surface area (Å²) in [6, 6.07) is 6.19. The van der Waals surface area contributed by atoms with Gasteiger partial charge in [0.15, 0.2) is 0 Å². The van der Waals surface area contributed by atoms with Crippen LogP contribution >= 0.6 is 0 Å². The van der Waals surface area contributed by atoms with Crippen LogP contribution in [-0.2, 0) is 0 Å². The van der Waals surface area contributed by atoms with Gasteiger partial charge in [-0.25, -0.2) is 4.39 Å². The van der Waals surface area contributed by atoms with Gasteiger partial charge in [0.2, 0.25) is 0 Å². The molecule has 0 saturated carbocycles. The Hall–Kier alpha value is -1.31. The smallest absolute Gasteiger partial charge is 0.137 e. The molecule has 0 aliphatic heterocycles. The first-order chi connectivity index (χ1) is 5.25. The van der Waals surface area contributed by atoms with Crippen molar-refractivity contribution in [2.75, 3.05) is 0 Å². The lowest BCUT2D eigenvalue weighted by molar-refractivity contribution is 0.584. The normalized spacial score (nSPS) is 10.7. The molecule has 0 spiro atoms. The Morgan fingerprint density at radius 1 is 1.27 bits per heavy atom. The third kappa shape index (κ3) is 1.00. The highest BCUT2D eigenvalue weighted by molar-refractivity contribution is 5.77. The molecule has 1 radical (unpaired) electrons. The molecule has 2 heteroatoms. The van der Waals surface area contributed by atoms with Gasteiger partial charge in [-0.3, -0.25) is 0 Å². The van der Waals surface area contributed by atoms with Gasteiger partial charge in [-0.1, -0.05) is 0 Å². The quantitative estimate of drug-likeness (QED) is 0.561. The minimum Gasteiger partial charge on any atom is -0.461 e. The van der Waals surface area contributed by atoms with Gasteiger partial charge in [0, 0.05) is 18.4 Å². The SMILES string of the molecule is [CH2]c1cc2ccc(F)cc2o1. The Balaban J connectivity index is 2.82. The van der Waals surface area contributed by atoms with Crippen molar-refractivity contribution in [3.05, 3.63) is 42.8 Å². The van der Waals surface area contributed by atoms with E-state index in [4.69, 9.17) is 4.42 Å². The van der Waals surface area contributed by atoms with Crippen LogP contribution < -0.4 is 0 Å². The second-order valence-corrected chi connectivity index (χ2v) is 2.39. The molecule has 1 nitrogen and oxygen atoms in total. The predicted molar refractivity (Wildman–Crippen MR) is 40.6 cm³/mol. The van der Waals surface area contributed by atoms with E-state index in [0.717, 1.165) is 5.39 Å². The second-order valence-electron chi connectivity index (χ2n) is 2.39. The number of hydrogen-bond acceptors (Lipinski definition) is 1. The second kappa shape index (κ2) is 2.09. The predicted octanol–water partition coefficient (Wildman–Crippen LogP) is 2.75. The third-order valence-electron chi connectivity index (χ3n) is 1.53. The van der Waals surface area contributed by atoms with Gasteiger partial charge in [0.25, 0.3) is 0 Å². The van der Waals surface area contributed by atoms with E-state index in [2.05, 4.69) is 6.92 Å². The van der Waals surface area contributed by atoms with Crippen LogP contribution in [0, 0.1) is 12.7 Å². The molecule has 0 saturated heterocycles. The van der Waals surface area contributed by atoms with Crippen LogP contribution in [0.4, 0.5) is 4.39 Å². The van der Waals surface area contributed by atoms with Crippen LogP contribution in [0.15, 0.2) is 28.7 Å². The molecule has 0 N–H and O–H groups in total. The molecule has 11 heavy (non-hydrogen) atoms. The zero-order valence-corrected chi connectivity index (χ0v) is 5.80. The topological polar surface area (TPSA) is 13.1 Å². The summed E-state index contributed by atoms with van der Waals surface area (Å²) in [6.07, 6.45) is 0. The Labute approximate surface area is 63.4 Å². The lowest BCUT2D eigenvalue weighted by atomic mass is 10.2. The van der Waals surface area contributed by atoms with Crippen molar-refractivity contribution in [3.8, 4) is 0 Å². The molecule has 0 atom stereocenters. The molecule has 0 amide bonds. The lowest BCUT2D eigenvalue weighted by Gasteiger charge is -1.86. The van der Waals surface area contributed by atoms with E-state index in [0.29, 0.717) is 11.3 Å². The van der Waals surface area contributed by atoms with Crippen molar-refractivity contribution in [1.29, 1.82) is 0 Å². The molecule has 0 aliphatic rings. The molecule has 1 heterocycles. The van der Waals surface area contributed by atoms with Gasteiger partial charge in [0.05, 0.1) is 0 Å². The number of rotatable bonds is 0. The molecule has 0 bridgehead atoms. The summed E-state index contributed by atoms with van der Waals surface area (Å²) in [5.74, 6) is 0.275. The van der Waals surface area contributed by atoms with Gasteiger partial charge in [-0.15, -0.1) is 0 Å². The van der Waals surface area contributed by atoms with Crippen molar-refractivity contribution >= 4 is 11.0 Å². The Kier molecular flexibility index (Phi) is 1.22. The molecular weight excluding hydrogens is 143 g/mol. The lowest BCUT2D eigenvalue weighted by Crippen LogP contribution is -1.68. The van der Waals surface area contributed by atoms with E-state index in [9.17, 15) is 4.39 Å². The van der Waals surface area contributed by atoms with Crippen LogP contribution in [-0.4, -0.2) is 0 Å². The third-order valence-corrected chi connectivity index (χ3v) is 1.53. The van der Waals surface area contributed by atoms with Crippen LogP contribution in [0.5, 0.6) is 0 Å². The van der Waals surface area contributed by atoms with Gasteiger partial charge >= 0.3 is 0 Å². The summed E-state index contributed by atoms with van der Waals surface area (Å²) in [4.78, 5) is 0. The maximum absolute atomic E-state index is 12.6. The summed E-state index contributed by atoms with van der Waals surface area (Å²) < 4.78 is 17.7. The Morgan fingerprint density at radius 3 is 2.91 bits per heavy atom. The molecule has 0 aliphatic carbocycles. The van der Waals surface area contributed by atoms with Crippen LogP contribution in [0.2, 0.25) is 0 Å². The van der Waals surface area contributed by atoms with Crippen molar-refractivity contribution < 1.29 is 8.81 Å². The fraction of sp³-hybridized carbons (Fsp3) is 0. The fourth-order valence-corrected chi connectivity index (χ4v) is 1.06. The van der Waals surface area contributed by atoms with E-state index in [1.54, 1.807) is 12.1 Å². The van der Waals surface area contributed by atoms with Crippen LogP contribution in [0.25, 0.3) is 11.0 Å². The number of fused-ring (bicyclic) bond motifs is 1. The molecular formula is C9H6FO. The van der Waals surface area contributed by atoms with Crippen molar-refractivity contribution in [3.63, 3.8) is 0 Å². The average molecular weight is 149 g/mol. The van der Waals surface area contributed by atoms with Crippen molar-refractivity contribution in [2.24, 2.45) is 0 Å². The molecule has 2 rings (SSSR count). The molecule has 1 aromatic heterocycles. The highest BCUT2D eigenvalue weighted by Crippen LogP contribution is 2.19. The van der Waals surface area contributed by atoms with Gasteiger partial charge < -0.3 is 4.42 Å². The van der Waals surface area contributed by atoms with E-state index >= 15 is 0 Å². The minimum absolute atomic E-state index is 0.285. The Morgan fingerprint density at radius 2 is 2.09 bits per heavy atom. The summed E-state index contributed by atoms with van der Waals surface area (Å²) in [7, 11) is 0. The Bertz CT molecular complexity index is 389. The van der Waals surface area contributed by atoms with E-state index in [1.807, 2.05) is 0 Å². The average Bonchev–Trinajstić information content (AvgIpc) is 2.27. The summed E-state index contributed by atoms with van der Waals surface area (Å²) in [5, 5.41) is 0.886. The highest BCUT2D eigenvalue weighted by atomic mass is 19.1. The monoisotopic (exact) mass is 149 g/mol. The summed E-state index contributed by atoms with van der Waals surface area (Å²) in [5.41, 5.74) is 0.551. The van der Waals surface area contributed by atoms with E-state index in [1.165, 1.54) is 12.1 Å². The van der Waals surface area contributed by atoms with Crippen molar-refractivity contribution in [1.82, 2.24) is 0 Å². The zero-order chi connectivity index (χ0) is 7.84. The number of halogens is 1. The van der Waals surface area contributed by atoms with E-state index in [-0.39, 0.29) is 5.82 Å². The maximum Gasteiger partial charge on any atom is 0.137 e. The number of benzene rings is 1. The van der Waals surface area contributed by atoms with Crippen LogP contribution in [0.3, 0.4) is 0 Å². The molecule has 2 aromatic rings. The minimum atomic E-state index is -0.285. The van der Waals surface area contributed by atoms with Crippen molar-refractivity contribution in [2.45, 2.75) is 0 Å². The summed E-state index contributed by atoms with van der Waals surface area (Å²) >= 11 is 0. The molecule has 0 fully saturated rings. The zero-order valence-electron chi connectivity index (χ0n) is 5.80. The first-order valence-electron chi connectivity index (χ1n) is 3.27. The van der Waals surface area contributed by atoms with Crippen LogP contribution in [0.1, 0.15) is 5.76 Å². The fourth-order valence-electron chi connectivity index (χ4n) is 1.06. The first kappa shape index (κ1) is 6.40. The van der Waals surface area contributed by atoms with E-state index < -0.39 is 0 Å². The molecule has 55 valence electrons. The van der Waals surface area contributed by atoms with Gasteiger partial charge in [-0.2, -0.15) is 0 Å². The maximum atomic E-state index is 12.6. The largest absolute Gasteiger partial charge is 0.461 e. The van der Waals surface area contributed by atoms with Gasteiger partial charge in [-0.05, 0) is 18.2 Å². The summed E-state index contributed by atoms with van der Waals surface area (Å²) in [6.45, 7) is 3.60. The number of furan rings is 1. The molecule has 1 aromatic carbocycles. The highest BCUT2D eigenvalue weighted by Gasteiger charge is 1.99. The number of hydrogen-bond donors (Lipinski definition) is 0. The standard InChI is InChI=1S/C9H6FO/c1-6-4-7-2-3-8(10)5-9(7)11-6/h2-5H,1H2. The molecule has 0 unspecified atom stereocenters. The first-order valence-corrected chi connectivity index (χ1v) is 3.27. The van der Waals surface area contributed by atoms with Gasteiger partial charge in [0.1, 0.15) is 17.2 Å².